The van der Waals surface area contributed by atoms with Gasteiger partial charge >= 0.3 is 6.03 Å². The zero-order chi connectivity index (χ0) is 15.1. The van der Waals surface area contributed by atoms with Crippen LogP contribution < -0.4 is 0 Å². The van der Waals surface area contributed by atoms with Crippen LogP contribution in [0.5, 0.6) is 0 Å². The second-order valence-corrected chi connectivity index (χ2v) is 6.08. The fourth-order valence-electron chi connectivity index (χ4n) is 2.70. The van der Waals surface area contributed by atoms with Crippen LogP contribution in [0, 0.1) is 0 Å². The minimum absolute atomic E-state index is 0.0388. The van der Waals surface area contributed by atoms with Crippen LogP contribution >= 0.6 is 0 Å². The summed E-state index contributed by atoms with van der Waals surface area (Å²) in [6, 6.07) is -0.413. The molecule has 0 aromatic carbocycles. The molecule has 0 bridgehead atoms. The van der Waals surface area contributed by atoms with Crippen LogP contribution in [0.25, 0.3) is 0 Å². The van der Waals surface area contributed by atoms with E-state index >= 15 is 0 Å². The molecule has 2 aliphatic rings. The van der Waals surface area contributed by atoms with E-state index in [2.05, 4.69) is 0 Å². The Morgan fingerprint density at radius 1 is 1.40 bits per heavy atom. The summed E-state index contributed by atoms with van der Waals surface area (Å²) < 4.78 is 5.73. The molecule has 0 aromatic heterocycles. The van der Waals surface area contributed by atoms with E-state index in [0.29, 0.717) is 13.1 Å². The van der Waals surface area contributed by atoms with Gasteiger partial charge in [-0.25, -0.2) is 4.79 Å². The van der Waals surface area contributed by atoms with Crippen LogP contribution in [0.3, 0.4) is 0 Å². The third kappa shape index (κ3) is 2.92. The van der Waals surface area contributed by atoms with E-state index in [1.807, 2.05) is 20.8 Å². The fraction of sp³-hybridized carbons (Fsp3) is 0.769. The van der Waals surface area contributed by atoms with Gasteiger partial charge in [0.15, 0.2) is 0 Å². The second kappa shape index (κ2) is 5.05. The van der Waals surface area contributed by atoms with Crippen molar-refractivity contribution in [3.63, 3.8) is 0 Å². The minimum atomic E-state index is -0.414. The van der Waals surface area contributed by atoms with Crippen molar-refractivity contribution in [2.24, 2.45) is 0 Å². The van der Waals surface area contributed by atoms with Gasteiger partial charge in [0.25, 0.3) is 5.91 Å². The molecule has 2 saturated heterocycles. The third-order valence-electron chi connectivity index (χ3n) is 3.45. The number of nitrogens with zero attached hydrogens (tertiary/aromatic N) is 3. The third-order valence-corrected chi connectivity index (χ3v) is 3.45. The largest absolute Gasteiger partial charge is 0.369 e. The Balaban J connectivity index is 2.01. The lowest BCUT2D eigenvalue weighted by Gasteiger charge is -2.42. The molecule has 7 nitrogen and oxygen atoms in total. The molecule has 112 valence electrons. The molecular formula is C13H21N3O4. The number of hydrogen-bond acceptors (Lipinski definition) is 4. The summed E-state index contributed by atoms with van der Waals surface area (Å²) in [6.07, 6.45) is -0.0599. The minimum Gasteiger partial charge on any atom is -0.369 e. The average molecular weight is 283 g/mol. The van der Waals surface area contributed by atoms with Crippen molar-refractivity contribution in [3.8, 4) is 0 Å². The Kier molecular flexibility index (Phi) is 3.73. The summed E-state index contributed by atoms with van der Waals surface area (Å²) in [5, 5.41) is 0. The molecule has 0 aliphatic carbocycles. The van der Waals surface area contributed by atoms with E-state index in [0.717, 1.165) is 4.90 Å². The smallest absolute Gasteiger partial charge is 0.327 e. The zero-order valence-electron chi connectivity index (χ0n) is 12.4. The van der Waals surface area contributed by atoms with E-state index < -0.39 is 11.6 Å². The van der Waals surface area contributed by atoms with Crippen LogP contribution in [0.4, 0.5) is 4.79 Å². The highest BCUT2D eigenvalue weighted by Crippen LogP contribution is 2.21. The summed E-state index contributed by atoms with van der Waals surface area (Å²) in [6.45, 7) is 6.53. The van der Waals surface area contributed by atoms with Gasteiger partial charge in [-0.05, 0) is 20.8 Å². The van der Waals surface area contributed by atoms with Crippen LogP contribution in [-0.4, -0.2) is 77.5 Å². The van der Waals surface area contributed by atoms with Gasteiger partial charge in [0.1, 0.15) is 13.1 Å². The number of rotatable bonds is 2. The Morgan fingerprint density at radius 3 is 2.55 bits per heavy atom. The van der Waals surface area contributed by atoms with Gasteiger partial charge in [0.05, 0.1) is 11.7 Å². The summed E-state index contributed by atoms with van der Waals surface area (Å²) in [7, 11) is 1.55. The van der Waals surface area contributed by atoms with Gasteiger partial charge < -0.3 is 14.5 Å². The van der Waals surface area contributed by atoms with Crippen molar-refractivity contribution in [2.45, 2.75) is 32.5 Å². The van der Waals surface area contributed by atoms with E-state index in [4.69, 9.17) is 4.74 Å². The molecule has 0 N–H and O–H groups in total. The summed E-state index contributed by atoms with van der Waals surface area (Å²) in [4.78, 5) is 39.7. The Bertz CT molecular complexity index is 449. The second-order valence-electron chi connectivity index (χ2n) is 6.08. The van der Waals surface area contributed by atoms with Crippen molar-refractivity contribution in [1.82, 2.24) is 14.7 Å². The molecule has 2 fully saturated rings. The lowest BCUT2D eigenvalue weighted by atomic mass is 10.1. The molecule has 1 unspecified atom stereocenters. The number of carbonyl (C=O) groups is 3. The molecule has 2 rings (SSSR count). The summed E-state index contributed by atoms with van der Waals surface area (Å²) in [5.41, 5.74) is -0.414. The number of likely N-dealkylation sites (N-methyl/N-ethyl adjacent to an activating group) is 1. The quantitative estimate of drug-likeness (QED) is 0.664. The molecule has 2 heterocycles. The van der Waals surface area contributed by atoms with E-state index in [-0.39, 0.29) is 31.0 Å². The van der Waals surface area contributed by atoms with E-state index in [1.165, 1.54) is 4.90 Å². The first kappa shape index (κ1) is 14.8. The normalized spacial score (nSPS) is 26.4. The predicted octanol–water partition coefficient (Wildman–Crippen LogP) is -0.0937. The number of hydrogen-bond donors (Lipinski definition) is 0. The predicted molar refractivity (Wildman–Crippen MR) is 70.9 cm³/mol. The van der Waals surface area contributed by atoms with Crippen LogP contribution in [0.2, 0.25) is 0 Å². The number of carbonyl (C=O) groups excluding carboxylic acids is 3. The molecule has 4 amide bonds. The van der Waals surface area contributed by atoms with Crippen molar-refractivity contribution < 1.29 is 19.1 Å². The summed E-state index contributed by atoms with van der Waals surface area (Å²) in [5.74, 6) is -0.545. The molecule has 0 saturated carbocycles. The number of imide groups is 1. The molecular weight excluding hydrogens is 262 g/mol. The molecule has 1 atom stereocenters. The standard InChI is InChI=1S/C13H21N3O4/c1-9-5-15(8-13(2,3)20-9)10(17)7-16-11(18)6-14(4)12(16)19/h9H,5-8H2,1-4H3. The first-order valence-electron chi connectivity index (χ1n) is 6.71. The molecule has 0 spiro atoms. The average Bonchev–Trinajstić information content (AvgIpc) is 2.53. The molecule has 2 aliphatic heterocycles. The van der Waals surface area contributed by atoms with Crippen molar-refractivity contribution >= 4 is 17.8 Å². The first-order valence-corrected chi connectivity index (χ1v) is 6.71. The molecule has 20 heavy (non-hydrogen) atoms. The highest BCUT2D eigenvalue weighted by Gasteiger charge is 2.38. The Morgan fingerprint density at radius 2 is 2.05 bits per heavy atom. The van der Waals surface area contributed by atoms with Crippen molar-refractivity contribution in [2.75, 3.05) is 33.2 Å². The highest BCUT2D eigenvalue weighted by molar-refractivity contribution is 6.04. The van der Waals surface area contributed by atoms with Gasteiger partial charge in [-0.15, -0.1) is 0 Å². The monoisotopic (exact) mass is 283 g/mol. The van der Waals surface area contributed by atoms with E-state index in [9.17, 15) is 14.4 Å². The van der Waals surface area contributed by atoms with Crippen LogP contribution in [-0.2, 0) is 14.3 Å². The SMILES string of the molecule is CC1CN(C(=O)CN2C(=O)CN(C)C2=O)CC(C)(C)O1. The maximum Gasteiger partial charge on any atom is 0.327 e. The molecule has 0 radical (unpaired) electrons. The summed E-state index contributed by atoms with van der Waals surface area (Å²) >= 11 is 0. The molecule has 7 heteroatoms. The number of amides is 4. The highest BCUT2D eigenvalue weighted by atomic mass is 16.5. The maximum absolute atomic E-state index is 12.3. The lowest BCUT2D eigenvalue weighted by molar-refractivity contribution is -0.159. The number of urea groups is 1. The fourth-order valence-corrected chi connectivity index (χ4v) is 2.70. The van der Waals surface area contributed by atoms with Crippen LogP contribution in [0.15, 0.2) is 0 Å². The lowest BCUT2D eigenvalue weighted by Crippen LogP contribution is -2.56. The number of morpholine rings is 1. The van der Waals surface area contributed by atoms with Gasteiger partial charge in [-0.1, -0.05) is 0 Å². The van der Waals surface area contributed by atoms with Crippen molar-refractivity contribution in [1.29, 1.82) is 0 Å². The first-order chi connectivity index (χ1) is 9.19. The van der Waals surface area contributed by atoms with Crippen molar-refractivity contribution in [3.05, 3.63) is 0 Å². The number of ether oxygens (including phenoxy) is 1. The Hall–Kier alpha value is -1.63. The molecule has 0 aromatic rings. The van der Waals surface area contributed by atoms with Gasteiger partial charge in [-0.2, -0.15) is 0 Å². The van der Waals surface area contributed by atoms with Gasteiger partial charge in [-0.3, -0.25) is 14.5 Å². The topological polar surface area (TPSA) is 70.2 Å². The van der Waals surface area contributed by atoms with Crippen LogP contribution in [0.1, 0.15) is 20.8 Å². The zero-order valence-corrected chi connectivity index (χ0v) is 12.4. The Labute approximate surface area is 118 Å². The van der Waals surface area contributed by atoms with E-state index in [1.54, 1.807) is 11.9 Å². The van der Waals surface area contributed by atoms with Gasteiger partial charge in [0, 0.05) is 20.1 Å². The van der Waals surface area contributed by atoms with Gasteiger partial charge in [0.2, 0.25) is 5.91 Å². The maximum atomic E-state index is 12.3.